The molecule has 0 aromatic heterocycles. The molecule has 0 aliphatic carbocycles. The number of rotatable bonds is 5. The summed E-state index contributed by atoms with van der Waals surface area (Å²) in [6.07, 6.45) is 3.87. The highest BCUT2D eigenvalue weighted by atomic mass is 16.2. The van der Waals surface area contributed by atoms with Gasteiger partial charge in [0, 0.05) is 12.6 Å². The predicted molar refractivity (Wildman–Crippen MR) is 81.3 cm³/mol. The maximum absolute atomic E-state index is 12.1. The van der Waals surface area contributed by atoms with Crippen molar-refractivity contribution >= 4 is 5.91 Å². The van der Waals surface area contributed by atoms with Crippen LogP contribution < -0.4 is 11.1 Å². The highest BCUT2D eigenvalue weighted by molar-refractivity contribution is 5.83. The molecule has 0 bridgehead atoms. The zero-order chi connectivity index (χ0) is 14.4. The first kappa shape index (κ1) is 15.0. The van der Waals surface area contributed by atoms with E-state index < -0.39 is 6.04 Å². The number of nitrogens with two attached hydrogens (primary N) is 1. The Morgan fingerprint density at radius 1 is 1.25 bits per heavy atom. The van der Waals surface area contributed by atoms with Crippen LogP contribution in [0.15, 0.2) is 30.3 Å². The lowest BCUT2D eigenvalue weighted by Gasteiger charge is -2.29. The average Bonchev–Trinajstić information content (AvgIpc) is 2.48. The Balaban J connectivity index is 1.81. The largest absolute Gasteiger partial charge is 0.351 e. The third kappa shape index (κ3) is 4.32. The van der Waals surface area contributed by atoms with Crippen LogP contribution in [-0.2, 0) is 4.79 Å². The lowest BCUT2D eigenvalue weighted by molar-refractivity contribution is -0.123. The number of carbonyl (C=O) groups is 1. The van der Waals surface area contributed by atoms with Gasteiger partial charge in [-0.3, -0.25) is 4.79 Å². The minimum atomic E-state index is -0.583. The maximum Gasteiger partial charge on any atom is 0.241 e. The highest BCUT2D eigenvalue weighted by Crippen LogP contribution is 2.11. The highest BCUT2D eigenvalue weighted by Gasteiger charge is 2.19. The van der Waals surface area contributed by atoms with Crippen LogP contribution in [0.5, 0.6) is 0 Å². The maximum atomic E-state index is 12.1. The lowest BCUT2D eigenvalue weighted by Crippen LogP contribution is -2.46. The van der Waals surface area contributed by atoms with Crippen LogP contribution in [0.4, 0.5) is 0 Å². The van der Waals surface area contributed by atoms with Gasteiger partial charge >= 0.3 is 0 Å². The second kappa shape index (κ2) is 7.41. The van der Waals surface area contributed by atoms with E-state index in [0.717, 1.165) is 25.2 Å². The van der Waals surface area contributed by atoms with E-state index in [-0.39, 0.29) is 11.9 Å². The van der Waals surface area contributed by atoms with E-state index >= 15 is 0 Å². The summed E-state index contributed by atoms with van der Waals surface area (Å²) in [6, 6.07) is 9.06. The van der Waals surface area contributed by atoms with E-state index in [1.165, 1.54) is 19.3 Å². The second-order valence-corrected chi connectivity index (χ2v) is 5.66. The third-order valence-corrected chi connectivity index (χ3v) is 3.81. The molecule has 1 fully saturated rings. The molecule has 4 heteroatoms. The van der Waals surface area contributed by atoms with Crippen molar-refractivity contribution in [1.29, 1.82) is 0 Å². The molecule has 1 aromatic carbocycles. The van der Waals surface area contributed by atoms with E-state index in [1.54, 1.807) is 0 Å². The number of carbonyl (C=O) groups excluding carboxylic acids is 1. The fraction of sp³-hybridized carbons (Fsp3) is 0.562. The van der Waals surface area contributed by atoms with Crippen LogP contribution in [0.2, 0.25) is 0 Å². The van der Waals surface area contributed by atoms with Crippen molar-refractivity contribution in [3.05, 3.63) is 35.9 Å². The summed E-state index contributed by atoms with van der Waals surface area (Å²) in [5.41, 5.74) is 6.85. The zero-order valence-corrected chi connectivity index (χ0v) is 12.2. The molecule has 1 amide bonds. The molecule has 1 aromatic rings. The van der Waals surface area contributed by atoms with Gasteiger partial charge in [-0.25, -0.2) is 0 Å². The number of nitrogens with one attached hydrogen (secondary N) is 1. The minimum absolute atomic E-state index is 0.0966. The van der Waals surface area contributed by atoms with Gasteiger partial charge in [0.25, 0.3) is 0 Å². The summed E-state index contributed by atoms with van der Waals surface area (Å²) in [4.78, 5) is 14.6. The van der Waals surface area contributed by atoms with Gasteiger partial charge in [0.1, 0.15) is 6.04 Å². The molecule has 20 heavy (non-hydrogen) atoms. The number of likely N-dealkylation sites (tertiary alicyclic amines) is 1. The van der Waals surface area contributed by atoms with Crippen molar-refractivity contribution in [3.63, 3.8) is 0 Å². The molecule has 2 atom stereocenters. The molecule has 1 heterocycles. The van der Waals surface area contributed by atoms with Gasteiger partial charge in [-0.15, -0.1) is 0 Å². The number of amides is 1. The predicted octanol–water partition coefficient (Wildman–Crippen LogP) is 1.68. The van der Waals surface area contributed by atoms with Gasteiger partial charge in [0.2, 0.25) is 5.91 Å². The Morgan fingerprint density at radius 3 is 2.55 bits per heavy atom. The standard InChI is InChI=1S/C16H25N3O/c1-13(12-19-10-6-3-7-11-19)18-16(20)15(17)14-8-4-2-5-9-14/h2,4-5,8-9,13,15H,3,6-7,10-12,17H2,1H3,(H,18,20)/t13?,15-/m0/s1. The van der Waals surface area contributed by atoms with E-state index in [2.05, 4.69) is 10.2 Å². The monoisotopic (exact) mass is 275 g/mol. The zero-order valence-electron chi connectivity index (χ0n) is 12.2. The molecule has 0 spiro atoms. The fourth-order valence-corrected chi connectivity index (χ4v) is 2.72. The molecule has 2 rings (SSSR count). The van der Waals surface area contributed by atoms with Crippen LogP contribution in [0.1, 0.15) is 37.8 Å². The molecule has 0 radical (unpaired) electrons. The van der Waals surface area contributed by atoms with Gasteiger partial charge < -0.3 is 16.0 Å². The van der Waals surface area contributed by atoms with Crippen LogP contribution in [0.25, 0.3) is 0 Å². The van der Waals surface area contributed by atoms with Crippen molar-refractivity contribution in [3.8, 4) is 0 Å². The van der Waals surface area contributed by atoms with Crippen molar-refractivity contribution < 1.29 is 4.79 Å². The van der Waals surface area contributed by atoms with Gasteiger partial charge in [-0.2, -0.15) is 0 Å². The first-order chi connectivity index (χ1) is 9.66. The molecule has 1 aliphatic rings. The summed E-state index contributed by atoms with van der Waals surface area (Å²) in [7, 11) is 0. The summed E-state index contributed by atoms with van der Waals surface area (Å²) in [5.74, 6) is -0.0966. The number of piperidine rings is 1. The van der Waals surface area contributed by atoms with Crippen molar-refractivity contribution in [2.24, 2.45) is 5.73 Å². The molecule has 1 unspecified atom stereocenters. The number of benzene rings is 1. The molecule has 1 aliphatic heterocycles. The van der Waals surface area contributed by atoms with Crippen LogP contribution in [-0.4, -0.2) is 36.5 Å². The Kier molecular flexibility index (Phi) is 5.56. The first-order valence-electron chi connectivity index (χ1n) is 7.50. The molecule has 3 N–H and O–H groups in total. The fourth-order valence-electron chi connectivity index (χ4n) is 2.72. The first-order valence-corrected chi connectivity index (χ1v) is 7.50. The van der Waals surface area contributed by atoms with E-state index in [1.807, 2.05) is 37.3 Å². The SMILES string of the molecule is CC(CN1CCCCC1)NC(=O)[C@@H](N)c1ccccc1. The van der Waals surface area contributed by atoms with Crippen LogP contribution in [0.3, 0.4) is 0 Å². The summed E-state index contributed by atoms with van der Waals surface area (Å²) in [5, 5.41) is 3.02. The van der Waals surface area contributed by atoms with Gasteiger partial charge in [-0.1, -0.05) is 36.8 Å². The summed E-state index contributed by atoms with van der Waals surface area (Å²) < 4.78 is 0. The van der Waals surface area contributed by atoms with Crippen molar-refractivity contribution in [2.45, 2.75) is 38.3 Å². The Morgan fingerprint density at radius 2 is 1.90 bits per heavy atom. The van der Waals surface area contributed by atoms with E-state index in [9.17, 15) is 4.79 Å². The summed E-state index contributed by atoms with van der Waals surface area (Å²) in [6.45, 7) is 5.24. The molecule has 110 valence electrons. The molecule has 4 nitrogen and oxygen atoms in total. The molecular weight excluding hydrogens is 250 g/mol. The number of hydrogen-bond donors (Lipinski definition) is 2. The second-order valence-electron chi connectivity index (χ2n) is 5.66. The van der Waals surface area contributed by atoms with Crippen molar-refractivity contribution in [1.82, 2.24) is 10.2 Å². The summed E-state index contributed by atoms with van der Waals surface area (Å²) >= 11 is 0. The Bertz CT molecular complexity index is 415. The normalized spacial score (nSPS) is 19.3. The van der Waals surface area contributed by atoms with Crippen molar-refractivity contribution in [2.75, 3.05) is 19.6 Å². The van der Waals surface area contributed by atoms with Crippen LogP contribution >= 0.6 is 0 Å². The molecular formula is C16H25N3O. The van der Waals surface area contributed by atoms with Gasteiger partial charge in [0.15, 0.2) is 0 Å². The van der Waals surface area contributed by atoms with Gasteiger partial charge in [0.05, 0.1) is 0 Å². The topological polar surface area (TPSA) is 58.4 Å². The van der Waals surface area contributed by atoms with E-state index in [0.29, 0.717) is 0 Å². The van der Waals surface area contributed by atoms with E-state index in [4.69, 9.17) is 5.73 Å². The smallest absolute Gasteiger partial charge is 0.241 e. The minimum Gasteiger partial charge on any atom is -0.351 e. The third-order valence-electron chi connectivity index (χ3n) is 3.81. The Hall–Kier alpha value is -1.39. The molecule has 0 saturated carbocycles. The Labute approximate surface area is 121 Å². The average molecular weight is 275 g/mol. The lowest BCUT2D eigenvalue weighted by atomic mass is 10.1. The number of nitrogens with zero attached hydrogens (tertiary/aromatic N) is 1. The molecule has 1 saturated heterocycles. The number of hydrogen-bond acceptors (Lipinski definition) is 3. The van der Waals surface area contributed by atoms with Crippen LogP contribution in [0, 0.1) is 0 Å². The van der Waals surface area contributed by atoms with Gasteiger partial charge in [-0.05, 0) is 38.4 Å². The quantitative estimate of drug-likeness (QED) is 0.859.